The van der Waals surface area contributed by atoms with Gasteiger partial charge in [-0.25, -0.2) is 0 Å². The zero-order valence-electron chi connectivity index (χ0n) is 13.1. The van der Waals surface area contributed by atoms with Crippen LogP contribution < -0.4 is 0 Å². The summed E-state index contributed by atoms with van der Waals surface area (Å²) < 4.78 is 1.93. The maximum Gasteiger partial charge on any atom is 0.274 e. The van der Waals surface area contributed by atoms with E-state index in [2.05, 4.69) is 10.2 Å². The predicted molar refractivity (Wildman–Crippen MR) is 93.5 cm³/mol. The van der Waals surface area contributed by atoms with Crippen molar-refractivity contribution >= 4 is 17.5 Å². The van der Waals surface area contributed by atoms with Crippen LogP contribution in [0.15, 0.2) is 48.8 Å². The first-order valence-corrected chi connectivity index (χ1v) is 8.39. The van der Waals surface area contributed by atoms with Gasteiger partial charge in [0.2, 0.25) is 0 Å². The van der Waals surface area contributed by atoms with E-state index in [4.69, 9.17) is 11.6 Å². The summed E-state index contributed by atoms with van der Waals surface area (Å²) in [5.74, 6) is 0.00362. The topological polar surface area (TPSA) is 53.9 Å². The molecule has 1 saturated heterocycles. The monoisotopic (exact) mass is 340 g/mol. The number of carbonyl (C=O) groups excluding carboxylic acids is 1. The number of aromatic amines is 1. The van der Waals surface area contributed by atoms with Gasteiger partial charge in [-0.05, 0) is 37.1 Å². The van der Waals surface area contributed by atoms with Gasteiger partial charge in [-0.15, -0.1) is 0 Å². The van der Waals surface area contributed by atoms with Crippen LogP contribution in [0.4, 0.5) is 0 Å². The van der Waals surface area contributed by atoms with E-state index >= 15 is 0 Å². The van der Waals surface area contributed by atoms with Crippen LogP contribution in [0.3, 0.4) is 0 Å². The number of amides is 1. The van der Waals surface area contributed by atoms with Gasteiger partial charge in [0.25, 0.3) is 5.91 Å². The molecule has 0 aliphatic carbocycles. The molecule has 2 aromatic heterocycles. The zero-order chi connectivity index (χ0) is 16.5. The van der Waals surface area contributed by atoms with Crippen LogP contribution in [0, 0.1) is 0 Å². The molecular formula is C18H17ClN4O. The third kappa shape index (κ3) is 2.61. The SMILES string of the molecule is O=C(c1[nH]nc(-c2ccc(Cl)cc2)c1-n1cccc1)N1CCCC1. The molecule has 1 aromatic carbocycles. The molecule has 0 unspecified atom stereocenters. The summed E-state index contributed by atoms with van der Waals surface area (Å²) in [4.78, 5) is 14.8. The number of H-pyrrole nitrogens is 1. The van der Waals surface area contributed by atoms with Crippen molar-refractivity contribution in [3.8, 4) is 16.9 Å². The first-order chi connectivity index (χ1) is 11.7. The van der Waals surface area contributed by atoms with Crippen LogP contribution in [0.5, 0.6) is 0 Å². The van der Waals surface area contributed by atoms with Gasteiger partial charge in [-0.3, -0.25) is 9.89 Å². The minimum Gasteiger partial charge on any atom is -0.337 e. The number of nitrogens with zero attached hydrogens (tertiary/aromatic N) is 3. The lowest BCUT2D eigenvalue weighted by molar-refractivity contribution is 0.0787. The van der Waals surface area contributed by atoms with E-state index in [1.807, 2.05) is 58.3 Å². The number of rotatable bonds is 3. The molecule has 1 amide bonds. The van der Waals surface area contributed by atoms with Crippen LogP contribution >= 0.6 is 11.6 Å². The summed E-state index contributed by atoms with van der Waals surface area (Å²) in [6.07, 6.45) is 5.96. The molecule has 0 spiro atoms. The van der Waals surface area contributed by atoms with Crippen molar-refractivity contribution < 1.29 is 4.79 Å². The van der Waals surface area contributed by atoms with E-state index in [-0.39, 0.29) is 5.91 Å². The third-order valence-electron chi connectivity index (χ3n) is 4.33. The Kier molecular flexibility index (Phi) is 3.86. The molecular weight excluding hydrogens is 324 g/mol. The molecule has 5 nitrogen and oxygen atoms in total. The van der Waals surface area contributed by atoms with Crippen molar-refractivity contribution in [2.45, 2.75) is 12.8 Å². The highest BCUT2D eigenvalue weighted by Gasteiger charge is 2.27. The van der Waals surface area contributed by atoms with Crippen molar-refractivity contribution in [3.63, 3.8) is 0 Å². The summed E-state index contributed by atoms with van der Waals surface area (Å²) in [7, 11) is 0. The van der Waals surface area contributed by atoms with E-state index in [0.717, 1.165) is 42.9 Å². The smallest absolute Gasteiger partial charge is 0.274 e. The van der Waals surface area contributed by atoms with Crippen molar-refractivity contribution in [2.75, 3.05) is 13.1 Å². The Balaban J connectivity index is 1.83. The first kappa shape index (κ1) is 15.0. The lowest BCUT2D eigenvalue weighted by Gasteiger charge is -2.15. The normalized spacial score (nSPS) is 14.3. The summed E-state index contributed by atoms with van der Waals surface area (Å²) in [5.41, 5.74) is 2.96. The summed E-state index contributed by atoms with van der Waals surface area (Å²) in [6.45, 7) is 1.61. The number of benzene rings is 1. The zero-order valence-corrected chi connectivity index (χ0v) is 13.8. The Hall–Kier alpha value is -2.53. The Bertz CT molecular complexity index is 846. The average Bonchev–Trinajstić information content (AvgIpc) is 3.34. The Morgan fingerprint density at radius 1 is 1.08 bits per heavy atom. The fraction of sp³-hybridized carbons (Fsp3) is 0.222. The highest BCUT2D eigenvalue weighted by Crippen LogP contribution is 2.29. The standard InChI is InChI=1S/C18H17ClN4O/c19-14-7-5-13(6-8-14)15-17(22-9-1-2-10-22)16(21-20-15)18(24)23-11-3-4-12-23/h1-2,5-10H,3-4,11-12H2,(H,20,21). The summed E-state index contributed by atoms with van der Waals surface area (Å²) in [5, 5.41) is 8.06. The van der Waals surface area contributed by atoms with Gasteiger partial charge in [0.15, 0.2) is 0 Å². The first-order valence-electron chi connectivity index (χ1n) is 8.01. The maximum atomic E-state index is 12.9. The molecule has 24 heavy (non-hydrogen) atoms. The van der Waals surface area contributed by atoms with Crippen molar-refractivity contribution in [3.05, 3.63) is 59.5 Å². The van der Waals surface area contributed by atoms with Gasteiger partial charge in [0, 0.05) is 36.1 Å². The number of hydrogen-bond acceptors (Lipinski definition) is 2. The van der Waals surface area contributed by atoms with Gasteiger partial charge >= 0.3 is 0 Å². The molecule has 0 saturated carbocycles. The molecule has 1 fully saturated rings. The van der Waals surface area contributed by atoms with Gasteiger partial charge in [0.05, 0.1) is 0 Å². The molecule has 122 valence electrons. The highest BCUT2D eigenvalue weighted by molar-refractivity contribution is 6.30. The number of hydrogen-bond donors (Lipinski definition) is 1. The van der Waals surface area contributed by atoms with E-state index in [1.54, 1.807) is 0 Å². The van der Waals surface area contributed by atoms with Crippen LogP contribution in [0.25, 0.3) is 16.9 Å². The number of halogens is 1. The van der Waals surface area contributed by atoms with E-state index < -0.39 is 0 Å². The quantitative estimate of drug-likeness (QED) is 0.789. The second kappa shape index (κ2) is 6.17. The van der Waals surface area contributed by atoms with E-state index in [0.29, 0.717) is 10.7 Å². The second-order valence-electron chi connectivity index (χ2n) is 5.89. The minimum atomic E-state index is 0.00362. The van der Waals surface area contributed by atoms with Gasteiger partial charge in [-0.2, -0.15) is 5.10 Å². The second-order valence-corrected chi connectivity index (χ2v) is 6.33. The number of likely N-dealkylation sites (tertiary alicyclic amines) is 1. The fourth-order valence-corrected chi connectivity index (χ4v) is 3.23. The number of carbonyl (C=O) groups is 1. The summed E-state index contributed by atoms with van der Waals surface area (Å²) in [6, 6.07) is 11.3. The molecule has 1 aliphatic rings. The number of aromatic nitrogens is 3. The Morgan fingerprint density at radius 2 is 1.75 bits per heavy atom. The van der Waals surface area contributed by atoms with Crippen LogP contribution in [-0.2, 0) is 0 Å². The largest absolute Gasteiger partial charge is 0.337 e. The summed E-state index contributed by atoms with van der Waals surface area (Å²) >= 11 is 5.99. The van der Waals surface area contributed by atoms with Crippen LogP contribution in [0.2, 0.25) is 5.02 Å². The van der Waals surface area contributed by atoms with E-state index in [1.165, 1.54) is 0 Å². The minimum absolute atomic E-state index is 0.00362. The van der Waals surface area contributed by atoms with Crippen LogP contribution in [-0.4, -0.2) is 38.7 Å². The van der Waals surface area contributed by atoms with Crippen molar-refractivity contribution in [1.82, 2.24) is 19.7 Å². The number of nitrogens with one attached hydrogen (secondary N) is 1. The van der Waals surface area contributed by atoms with Gasteiger partial charge in [-0.1, -0.05) is 23.7 Å². The van der Waals surface area contributed by atoms with Crippen molar-refractivity contribution in [2.24, 2.45) is 0 Å². The maximum absolute atomic E-state index is 12.9. The third-order valence-corrected chi connectivity index (χ3v) is 4.58. The molecule has 1 aliphatic heterocycles. The van der Waals surface area contributed by atoms with Gasteiger partial charge < -0.3 is 9.47 Å². The highest BCUT2D eigenvalue weighted by atomic mass is 35.5. The van der Waals surface area contributed by atoms with Crippen molar-refractivity contribution in [1.29, 1.82) is 0 Å². The molecule has 4 rings (SSSR count). The molecule has 0 atom stereocenters. The fourth-order valence-electron chi connectivity index (χ4n) is 3.11. The predicted octanol–water partition coefficient (Wildman–Crippen LogP) is 3.76. The molecule has 6 heteroatoms. The molecule has 0 radical (unpaired) electrons. The molecule has 0 bridgehead atoms. The molecule has 3 aromatic rings. The Labute approximate surface area is 144 Å². The molecule has 1 N–H and O–H groups in total. The Morgan fingerprint density at radius 3 is 2.42 bits per heavy atom. The average molecular weight is 341 g/mol. The van der Waals surface area contributed by atoms with Crippen LogP contribution in [0.1, 0.15) is 23.3 Å². The lowest BCUT2D eigenvalue weighted by atomic mass is 10.1. The van der Waals surface area contributed by atoms with Gasteiger partial charge in [0.1, 0.15) is 17.1 Å². The lowest BCUT2D eigenvalue weighted by Crippen LogP contribution is -2.28. The van der Waals surface area contributed by atoms with E-state index in [9.17, 15) is 4.79 Å². The molecule has 3 heterocycles.